The third-order valence-electron chi connectivity index (χ3n) is 3.27. The molecule has 0 saturated heterocycles. The van der Waals surface area contributed by atoms with Crippen molar-refractivity contribution in [2.45, 2.75) is 6.42 Å². The van der Waals surface area contributed by atoms with Crippen LogP contribution in [0.25, 0.3) is 12.2 Å². The Kier molecular flexibility index (Phi) is 10.7. The van der Waals surface area contributed by atoms with Gasteiger partial charge in [0.2, 0.25) is 5.91 Å². The molecule has 0 aliphatic rings. The van der Waals surface area contributed by atoms with Crippen molar-refractivity contribution in [1.29, 1.82) is 0 Å². The molecule has 142 valence electrons. The fraction of sp³-hybridized carbons (Fsp3) is 0.143. The lowest BCUT2D eigenvalue weighted by atomic mass is 10.1. The molecule has 0 aliphatic carbocycles. The highest BCUT2D eigenvalue weighted by Gasteiger charge is 1.99. The second-order valence-electron chi connectivity index (χ2n) is 5.11. The summed E-state index contributed by atoms with van der Waals surface area (Å²) in [6.07, 6.45) is 11.3. The summed E-state index contributed by atoms with van der Waals surface area (Å²) < 4.78 is 10.3. The van der Waals surface area contributed by atoms with Crippen LogP contribution in [0, 0.1) is 0 Å². The number of amides is 1. The number of rotatable bonds is 8. The highest BCUT2D eigenvalue weighted by Crippen LogP contribution is 2.24. The van der Waals surface area contributed by atoms with Crippen LogP contribution in [0.15, 0.2) is 65.8 Å². The second-order valence-corrected chi connectivity index (χ2v) is 5.34. The quantitative estimate of drug-likeness (QED) is 0.393. The van der Waals surface area contributed by atoms with Gasteiger partial charge in [0, 0.05) is 30.4 Å². The molecule has 0 fully saturated rings. The van der Waals surface area contributed by atoms with E-state index >= 15 is 0 Å². The molecule has 0 unspecified atom stereocenters. The van der Waals surface area contributed by atoms with Gasteiger partial charge in [0.05, 0.1) is 18.9 Å². The number of carbonyl (C=O) groups is 1. The molecule has 0 radical (unpaired) electrons. The third-order valence-corrected chi connectivity index (χ3v) is 3.38. The van der Waals surface area contributed by atoms with Gasteiger partial charge in [0.25, 0.3) is 0 Å². The summed E-state index contributed by atoms with van der Waals surface area (Å²) in [7, 11) is 3.57. The fourth-order valence-electron chi connectivity index (χ4n) is 1.95. The molecule has 1 amide bonds. The number of hydrogen-bond donors (Lipinski definition) is 2. The van der Waals surface area contributed by atoms with E-state index in [9.17, 15) is 4.79 Å². The van der Waals surface area contributed by atoms with Crippen LogP contribution in [0.5, 0.6) is 5.75 Å². The molecule has 0 bridgehead atoms. The molecule has 1 aromatic carbocycles. The Morgan fingerprint density at radius 1 is 1.33 bits per heavy atom. The Balaban J connectivity index is 0.000000277. The number of benzene rings is 1. The van der Waals surface area contributed by atoms with Gasteiger partial charge < -0.3 is 19.8 Å². The van der Waals surface area contributed by atoms with E-state index in [0.29, 0.717) is 5.76 Å². The van der Waals surface area contributed by atoms with Crippen LogP contribution >= 0.6 is 12.2 Å². The van der Waals surface area contributed by atoms with Gasteiger partial charge in [-0.25, -0.2) is 0 Å². The number of carbonyl (C=O) groups excluding carboxylic acids is 1. The molecule has 2 aromatic rings. The smallest absolute Gasteiger partial charge is 0.248 e. The van der Waals surface area contributed by atoms with E-state index in [0.717, 1.165) is 28.9 Å². The van der Waals surface area contributed by atoms with Crippen molar-refractivity contribution < 1.29 is 13.9 Å². The van der Waals surface area contributed by atoms with Crippen molar-refractivity contribution in [3.05, 3.63) is 72.7 Å². The first-order valence-electron chi connectivity index (χ1n) is 8.23. The Labute approximate surface area is 165 Å². The minimum atomic E-state index is -0.263. The summed E-state index contributed by atoms with van der Waals surface area (Å²) in [6, 6.07) is 9.53. The summed E-state index contributed by atoms with van der Waals surface area (Å²) in [5.74, 6) is 1.25. The zero-order valence-corrected chi connectivity index (χ0v) is 16.3. The van der Waals surface area contributed by atoms with E-state index in [1.165, 1.54) is 12.3 Å². The highest BCUT2D eigenvalue weighted by molar-refractivity contribution is 7.78. The molecule has 2 N–H and O–H groups in total. The minimum Gasteiger partial charge on any atom is -0.496 e. The number of thiocarbonyl (C=S) groups is 1. The Morgan fingerprint density at radius 2 is 2.15 bits per heavy atom. The number of anilines is 1. The van der Waals surface area contributed by atoms with Crippen LogP contribution in [0.4, 0.5) is 5.69 Å². The standard InChI is InChI=1S/C13H17NO.C8H7NO2S/c1-4-5-6-7-11-8-9-12(14-2)10-13(11)15-3;10-8(9-6-12)4-3-7-2-1-5-11-7/h4,6-10,14H,1,5H2,2-3H3;1-6H,(H,9,10,12)/b7-6+;4-3+. The molecular formula is C21H24N2O3S. The normalized spacial score (nSPS) is 10.1. The number of allylic oxidation sites excluding steroid dienone is 2. The Hall–Kier alpha value is -3.12. The maximum atomic E-state index is 10.8. The van der Waals surface area contributed by atoms with Crippen LogP contribution in [-0.2, 0) is 4.79 Å². The fourth-order valence-corrected chi connectivity index (χ4v) is 2.06. The zero-order chi connectivity index (χ0) is 19.9. The van der Waals surface area contributed by atoms with Crippen LogP contribution < -0.4 is 15.4 Å². The van der Waals surface area contributed by atoms with Crippen LogP contribution in [0.2, 0.25) is 0 Å². The topological polar surface area (TPSA) is 63.5 Å². The maximum Gasteiger partial charge on any atom is 0.248 e. The van der Waals surface area contributed by atoms with Crippen molar-refractivity contribution in [1.82, 2.24) is 5.32 Å². The van der Waals surface area contributed by atoms with Gasteiger partial charge in [-0.05, 0) is 36.8 Å². The molecule has 27 heavy (non-hydrogen) atoms. The monoisotopic (exact) mass is 384 g/mol. The average Bonchev–Trinajstić information content (AvgIpc) is 3.21. The van der Waals surface area contributed by atoms with Crippen molar-refractivity contribution in [2.24, 2.45) is 0 Å². The first-order valence-corrected chi connectivity index (χ1v) is 8.70. The molecule has 1 heterocycles. The molecule has 6 heteroatoms. The predicted octanol–water partition coefficient (Wildman–Crippen LogP) is 4.69. The van der Waals surface area contributed by atoms with Crippen LogP contribution in [0.3, 0.4) is 0 Å². The minimum absolute atomic E-state index is 0.263. The van der Waals surface area contributed by atoms with Gasteiger partial charge in [0.15, 0.2) is 0 Å². The second kappa shape index (κ2) is 13.1. The Bertz CT molecular complexity index is 781. The van der Waals surface area contributed by atoms with Gasteiger partial charge in [-0.3, -0.25) is 4.79 Å². The van der Waals surface area contributed by atoms with Crippen LogP contribution in [-0.4, -0.2) is 25.6 Å². The van der Waals surface area contributed by atoms with Gasteiger partial charge in [-0.15, -0.1) is 6.58 Å². The molecule has 0 spiro atoms. The molecule has 0 saturated carbocycles. The number of ether oxygens (including phenoxy) is 1. The first kappa shape index (κ1) is 21.9. The number of hydrogen-bond acceptors (Lipinski definition) is 5. The number of methoxy groups -OCH3 is 1. The third kappa shape index (κ3) is 8.69. The van der Waals surface area contributed by atoms with E-state index in [-0.39, 0.29) is 5.91 Å². The first-order chi connectivity index (χ1) is 13.1. The van der Waals surface area contributed by atoms with Gasteiger partial charge in [-0.1, -0.05) is 30.4 Å². The largest absolute Gasteiger partial charge is 0.496 e. The van der Waals surface area contributed by atoms with Crippen molar-refractivity contribution in [3.63, 3.8) is 0 Å². The zero-order valence-electron chi connectivity index (χ0n) is 15.5. The summed E-state index contributed by atoms with van der Waals surface area (Å²) in [5.41, 5.74) is 3.29. The van der Waals surface area contributed by atoms with Gasteiger partial charge in [0.1, 0.15) is 11.5 Å². The van der Waals surface area contributed by atoms with Gasteiger partial charge in [-0.2, -0.15) is 0 Å². The lowest BCUT2D eigenvalue weighted by Crippen LogP contribution is -2.16. The molecular weight excluding hydrogens is 360 g/mol. The summed E-state index contributed by atoms with van der Waals surface area (Å²) in [6.45, 7) is 3.67. The highest BCUT2D eigenvalue weighted by atomic mass is 32.1. The summed E-state index contributed by atoms with van der Waals surface area (Å²) in [4.78, 5) is 10.8. The van der Waals surface area contributed by atoms with Crippen molar-refractivity contribution >= 4 is 41.5 Å². The van der Waals surface area contributed by atoms with E-state index in [2.05, 4.69) is 35.5 Å². The molecule has 5 nitrogen and oxygen atoms in total. The van der Waals surface area contributed by atoms with Crippen LogP contribution in [0.1, 0.15) is 17.7 Å². The molecule has 0 aliphatic heterocycles. The molecule has 1 aromatic heterocycles. The average molecular weight is 385 g/mol. The lowest BCUT2D eigenvalue weighted by Gasteiger charge is -2.07. The predicted molar refractivity (Wildman–Crippen MR) is 116 cm³/mol. The Morgan fingerprint density at radius 3 is 2.74 bits per heavy atom. The van der Waals surface area contributed by atoms with Crippen molar-refractivity contribution in [3.8, 4) is 5.75 Å². The summed E-state index contributed by atoms with van der Waals surface area (Å²) in [5, 5.41) is 5.41. The summed E-state index contributed by atoms with van der Waals surface area (Å²) >= 11 is 4.43. The van der Waals surface area contributed by atoms with E-state index < -0.39 is 0 Å². The van der Waals surface area contributed by atoms with E-state index in [1.807, 2.05) is 37.4 Å². The SMILES string of the molecule is C=CC/C=C/c1ccc(NC)cc1OC.O=C(/C=C/c1ccco1)NC=S. The maximum absolute atomic E-state index is 10.8. The van der Waals surface area contributed by atoms with E-state index in [1.54, 1.807) is 25.3 Å². The number of nitrogens with one attached hydrogen (secondary N) is 2. The van der Waals surface area contributed by atoms with Gasteiger partial charge >= 0.3 is 0 Å². The van der Waals surface area contributed by atoms with E-state index in [4.69, 9.17) is 9.15 Å². The van der Waals surface area contributed by atoms with Crippen molar-refractivity contribution in [2.75, 3.05) is 19.5 Å². The number of furan rings is 1. The molecule has 0 atom stereocenters. The lowest BCUT2D eigenvalue weighted by molar-refractivity contribution is -0.115. The molecule has 2 rings (SSSR count).